The molecule has 1 atom stereocenters. The topological polar surface area (TPSA) is 75.7 Å². The Morgan fingerprint density at radius 1 is 1.25 bits per heavy atom. The maximum atomic E-state index is 12.3. The van der Waals surface area contributed by atoms with E-state index in [2.05, 4.69) is 5.32 Å². The molecule has 1 aromatic carbocycles. The predicted molar refractivity (Wildman–Crippen MR) is 86.7 cm³/mol. The van der Waals surface area contributed by atoms with Crippen molar-refractivity contribution < 1.29 is 19.1 Å². The molecule has 2 heterocycles. The SMILES string of the molecule is O=C1C[C@]2(CCN(C(=O)CCCOCc3ccccc3)C2)C(=O)N1. The van der Waals surface area contributed by atoms with Gasteiger partial charge in [-0.3, -0.25) is 19.7 Å². The third kappa shape index (κ3) is 3.64. The normalized spacial score (nSPS) is 23.1. The summed E-state index contributed by atoms with van der Waals surface area (Å²) in [4.78, 5) is 37.3. The van der Waals surface area contributed by atoms with Crippen LogP contribution in [-0.2, 0) is 25.7 Å². The molecule has 2 aliphatic rings. The lowest BCUT2D eigenvalue weighted by molar-refractivity contribution is -0.132. The van der Waals surface area contributed by atoms with Crippen LogP contribution in [0.15, 0.2) is 30.3 Å². The molecule has 3 rings (SSSR count). The molecule has 1 spiro atoms. The van der Waals surface area contributed by atoms with E-state index in [4.69, 9.17) is 4.74 Å². The lowest BCUT2D eigenvalue weighted by Gasteiger charge is -2.20. The smallest absolute Gasteiger partial charge is 0.235 e. The second kappa shape index (κ2) is 7.13. The van der Waals surface area contributed by atoms with Crippen molar-refractivity contribution >= 4 is 17.7 Å². The van der Waals surface area contributed by atoms with Crippen LogP contribution < -0.4 is 5.32 Å². The monoisotopic (exact) mass is 330 g/mol. The van der Waals surface area contributed by atoms with Crippen LogP contribution in [0.5, 0.6) is 0 Å². The molecule has 3 amide bonds. The van der Waals surface area contributed by atoms with Gasteiger partial charge in [0.2, 0.25) is 17.7 Å². The van der Waals surface area contributed by atoms with Crippen molar-refractivity contribution in [1.82, 2.24) is 10.2 Å². The number of benzene rings is 1. The standard InChI is InChI=1S/C18H22N2O4/c21-15-11-18(17(23)19-15)8-9-20(13-18)16(22)7-4-10-24-12-14-5-2-1-3-6-14/h1-3,5-6H,4,7-13H2,(H,19,21,23)/t18-/m0/s1. The Morgan fingerprint density at radius 3 is 2.75 bits per heavy atom. The average Bonchev–Trinajstić information content (AvgIpc) is 3.12. The van der Waals surface area contributed by atoms with Crippen LogP contribution in [0.3, 0.4) is 0 Å². The summed E-state index contributed by atoms with van der Waals surface area (Å²) in [5, 5.41) is 2.35. The highest BCUT2D eigenvalue weighted by Gasteiger charge is 2.51. The quantitative estimate of drug-likeness (QED) is 0.629. The fourth-order valence-electron chi connectivity index (χ4n) is 3.35. The molecule has 6 heteroatoms. The van der Waals surface area contributed by atoms with E-state index >= 15 is 0 Å². The highest BCUT2D eigenvalue weighted by molar-refractivity contribution is 6.06. The molecular weight excluding hydrogens is 308 g/mol. The van der Waals surface area contributed by atoms with Crippen molar-refractivity contribution in [3.05, 3.63) is 35.9 Å². The van der Waals surface area contributed by atoms with E-state index in [0.29, 0.717) is 45.6 Å². The van der Waals surface area contributed by atoms with Gasteiger partial charge in [-0.1, -0.05) is 30.3 Å². The second-order valence-corrected chi connectivity index (χ2v) is 6.54. The Morgan fingerprint density at radius 2 is 2.04 bits per heavy atom. The minimum Gasteiger partial charge on any atom is -0.377 e. The summed E-state index contributed by atoms with van der Waals surface area (Å²) in [5.74, 6) is -0.431. The van der Waals surface area contributed by atoms with Crippen LogP contribution in [0.25, 0.3) is 0 Å². The first-order chi connectivity index (χ1) is 11.6. The summed E-state index contributed by atoms with van der Waals surface area (Å²) >= 11 is 0. The first-order valence-electron chi connectivity index (χ1n) is 8.33. The number of hydrogen-bond donors (Lipinski definition) is 1. The van der Waals surface area contributed by atoms with Crippen molar-refractivity contribution in [3.63, 3.8) is 0 Å². The van der Waals surface area contributed by atoms with Crippen molar-refractivity contribution in [2.75, 3.05) is 19.7 Å². The van der Waals surface area contributed by atoms with E-state index in [-0.39, 0.29) is 24.1 Å². The molecule has 6 nitrogen and oxygen atoms in total. The number of nitrogens with one attached hydrogen (secondary N) is 1. The molecule has 2 saturated heterocycles. The lowest BCUT2D eigenvalue weighted by atomic mass is 9.85. The number of imide groups is 1. The van der Waals surface area contributed by atoms with Crippen LogP contribution in [0.1, 0.15) is 31.2 Å². The van der Waals surface area contributed by atoms with Gasteiger partial charge in [0.1, 0.15) is 0 Å². The van der Waals surface area contributed by atoms with Gasteiger partial charge in [-0.2, -0.15) is 0 Å². The van der Waals surface area contributed by atoms with Crippen LogP contribution in [0, 0.1) is 5.41 Å². The first-order valence-corrected chi connectivity index (χ1v) is 8.33. The summed E-state index contributed by atoms with van der Waals surface area (Å²) < 4.78 is 5.58. The van der Waals surface area contributed by atoms with E-state index < -0.39 is 5.41 Å². The van der Waals surface area contributed by atoms with Gasteiger partial charge in [-0.05, 0) is 18.4 Å². The van der Waals surface area contributed by atoms with Gasteiger partial charge in [0.05, 0.1) is 12.0 Å². The molecular formula is C18H22N2O4. The lowest BCUT2D eigenvalue weighted by Crippen LogP contribution is -2.36. The zero-order valence-electron chi connectivity index (χ0n) is 13.6. The molecule has 0 aromatic heterocycles. The van der Waals surface area contributed by atoms with Gasteiger partial charge in [-0.15, -0.1) is 0 Å². The number of likely N-dealkylation sites (tertiary alicyclic amines) is 1. The van der Waals surface area contributed by atoms with E-state index in [1.54, 1.807) is 4.90 Å². The Hall–Kier alpha value is -2.21. The Bertz CT molecular complexity index is 631. The molecule has 0 saturated carbocycles. The summed E-state index contributed by atoms with van der Waals surface area (Å²) in [7, 11) is 0. The Balaban J connectivity index is 1.37. The van der Waals surface area contributed by atoms with Crippen molar-refractivity contribution in [3.8, 4) is 0 Å². The molecule has 24 heavy (non-hydrogen) atoms. The maximum absolute atomic E-state index is 12.3. The van der Waals surface area contributed by atoms with Crippen LogP contribution >= 0.6 is 0 Å². The number of ether oxygens (including phenoxy) is 1. The molecule has 1 aromatic rings. The third-order valence-corrected chi connectivity index (χ3v) is 4.73. The van der Waals surface area contributed by atoms with E-state index in [1.165, 1.54) is 0 Å². The highest BCUT2D eigenvalue weighted by atomic mass is 16.5. The number of carbonyl (C=O) groups excluding carboxylic acids is 3. The highest BCUT2D eigenvalue weighted by Crippen LogP contribution is 2.37. The van der Waals surface area contributed by atoms with E-state index in [1.807, 2.05) is 30.3 Å². The third-order valence-electron chi connectivity index (χ3n) is 4.73. The maximum Gasteiger partial charge on any atom is 0.235 e. The van der Waals surface area contributed by atoms with Crippen molar-refractivity contribution in [2.24, 2.45) is 5.41 Å². The molecule has 2 fully saturated rings. The zero-order chi connectivity index (χ0) is 17.0. The Kier molecular flexibility index (Phi) is 4.94. The van der Waals surface area contributed by atoms with Crippen molar-refractivity contribution in [1.29, 1.82) is 0 Å². The van der Waals surface area contributed by atoms with E-state index in [9.17, 15) is 14.4 Å². The summed E-state index contributed by atoms with van der Waals surface area (Å²) in [6.45, 7) is 1.97. The minimum atomic E-state index is -0.684. The first kappa shape index (κ1) is 16.6. The number of rotatable bonds is 6. The average molecular weight is 330 g/mol. The van der Waals surface area contributed by atoms with Gasteiger partial charge in [0.15, 0.2) is 0 Å². The van der Waals surface area contributed by atoms with Crippen LogP contribution in [-0.4, -0.2) is 42.3 Å². The van der Waals surface area contributed by atoms with E-state index in [0.717, 1.165) is 5.56 Å². The fraction of sp³-hybridized carbons (Fsp3) is 0.500. The second-order valence-electron chi connectivity index (χ2n) is 6.54. The molecule has 0 aliphatic carbocycles. The van der Waals surface area contributed by atoms with Crippen LogP contribution in [0.2, 0.25) is 0 Å². The van der Waals surface area contributed by atoms with Gasteiger partial charge in [-0.25, -0.2) is 0 Å². The predicted octanol–water partition coefficient (Wildman–Crippen LogP) is 1.25. The van der Waals surface area contributed by atoms with Gasteiger partial charge >= 0.3 is 0 Å². The van der Waals surface area contributed by atoms with Gasteiger partial charge in [0, 0.05) is 32.5 Å². The van der Waals surface area contributed by atoms with Crippen LogP contribution in [0.4, 0.5) is 0 Å². The molecule has 128 valence electrons. The van der Waals surface area contributed by atoms with Gasteiger partial charge in [0.25, 0.3) is 0 Å². The fourth-order valence-corrected chi connectivity index (χ4v) is 3.35. The van der Waals surface area contributed by atoms with Gasteiger partial charge < -0.3 is 9.64 Å². The molecule has 2 aliphatic heterocycles. The summed E-state index contributed by atoms with van der Waals surface area (Å²) in [6.07, 6.45) is 1.83. The Labute approximate surface area is 141 Å². The number of amides is 3. The molecule has 0 bridgehead atoms. The molecule has 0 unspecified atom stereocenters. The van der Waals surface area contributed by atoms with Crippen molar-refractivity contribution in [2.45, 2.75) is 32.3 Å². The summed E-state index contributed by atoms with van der Waals surface area (Å²) in [6, 6.07) is 9.90. The molecule has 1 N–H and O–H groups in total. The largest absolute Gasteiger partial charge is 0.377 e. The summed E-state index contributed by atoms with van der Waals surface area (Å²) in [5.41, 5.74) is 0.429. The minimum absolute atomic E-state index is 0.0299. The zero-order valence-corrected chi connectivity index (χ0v) is 13.6. The number of hydrogen-bond acceptors (Lipinski definition) is 4. The number of carbonyl (C=O) groups is 3. The number of nitrogens with zero attached hydrogens (tertiary/aromatic N) is 1. The molecule has 0 radical (unpaired) electrons.